The number of halogens is 1. The van der Waals surface area contributed by atoms with Gasteiger partial charge in [0, 0.05) is 36.8 Å². The maximum Gasteiger partial charge on any atom is 0.255 e. The van der Waals surface area contributed by atoms with Gasteiger partial charge in [0.25, 0.3) is 5.91 Å². The molecule has 0 fully saturated rings. The van der Waals surface area contributed by atoms with E-state index in [1.807, 2.05) is 54.8 Å². The Hall–Kier alpha value is -4.02. The number of amides is 1. The SMILES string of the molecule is CCn1ncc2c(NCc3ccc(OC)c(Cl)c3)c(C(=O)NCc3ccc(-c4csnn4)cc3)cnc21. The standard InChI is InChI=1S/C26H24ClN7O2S/c1-3-34-25-19(14-31-34)24(28-12-17-6-9-23(36-2)21(27)10-17)20(13-29-25)26(35)30-11-16-4-7-18(8-5-16)22-15-37-33-32-22/h4-10,13-15H,3,11-12H2,1-2H3,(H,28,29)(H,30,35). The van der Waals surface area contributed by atoms with Crippen molar-refractivity contribution in [3.63, 3.8) is 0 Å². The number of nitrogens with zero attached hydrogens (tertiary/aromatic N) is 5. The number of pyridine rings is 1. The zero-order valence-electron chi connectivity index (χ0n) is 20.2. The molecule has 0 saturated heterocycles. The second-order valence-corrected chi connectivity index (χ2v) is 9.25. The van der Waals surface area contributed by atoms with Crippen molar-refractivity contribution in [1.82, 2.24) is 29.7 Å². The van der Waals surface area contributed by atoms with Crippen LogP contribution in [0.4, 0.5) is 5.69 Å². The van der Waals surface area contributed by atoms with Crippen LogP contribution < -0.4 is 15.4 Å². The molecule has 0 saturated carbocycles. The Kier molecular flexibility index (Phi) is 7.29. The van der Waals surface area contributed by atoms with E-state index in [0.717, 1.165) is 27.8 Å². The van der Waals surface area contributed by atoms with Gasteiger partial charge in [-0.1, -0.05) is 46.4 Å². The fraction of sp³-hybridized carbons (Fsp3) is 0.192. The normalized spacial score (nSPS) is 11.0. The molecule has 0 unspecified atom stereocenters. The Morgan fingerprint density at radius 2 is 1.92 bits per heavy atom. The van der Waals surface area contributed by atoms with Crippen molar-refractivity contribution in [3.8, 4) is 17.0 Å². The van der Waals surface area contributed by atoms with Crippen LogP contribution in [-0.4, -0.2) is 37.4 Å². The van der Waals surface area contributed by atoms with E-state index in [1.54, 1.807) is 24.2 Å². The van der Waals surface area contributed by atoms with Crippen molar-refractivity contribution >= 4 is 45.8 Å². The lowest BCUT2D eigenvalue weighted by molar-refractivity contribution is 0.0951. The predicted octanol–water partition coefficient (Wildman–Crippen LogP) is 5.17. The number of nitrogens with one attached hydrogen (secondary N) is 2. The zero-order chi connectivity index (χ0) is 25.8. The van der Waals surface area contributed by atoms with Crippen molar-refractivity contribution in [1.29, 1.82) is 0 Å². The summed E-state index contributed by atoms with van der Waals surface area (Å²) < 4.78 is 10.9. The second kappa shape index (κ2) is 10.9. The van der Waals surface area contributed by atoms with Crippen molar-refractivity contribution in [2.45, 2.75) is 26.6 Å². The highest BCUT2D eigenvalue weighted by Gasteiger charge is 2.18. The molecule has 0 atom stereocenters. The molecule has 3 heterocycles. The van der Waals surface area contributed by atoms with Crippen molar-refractivity contribution < 1.29 is 9.53 Å². The van der Waals surface area contributed by atoms with Gasteiger partial charge in [0.15, 0.2) is 5.65 Å². The van der Waals surface area contributed by atoms with E-state index in [4.69, 9.17) is 16.3 Å². The van der Waals surface area contributed by atoms with Gasteiger partial charge in [-0.15, -0.1) is 5.10 Å². The van der Waals surface area contributed by atoms with Gasteiger partial charge >= 0.3 is 0 Å². The van der Waals surface area contributed by atoms with Crippen LogP contribution in [0.15, 0.2) is 60.2 Å². The molecule has 9 nitrogen and oxygen atoms in total. The molecule has 0 spiro atoms. The molecule has 0 aliphatic rings. The predicted molar refractivity (Wildman–Crippen MR) is 145 cm³/mol. The van der Waals surface area contributed by atoms with E-state index in [9.17, 15) is 4.79 Å². The number of rotatable bonds is 9. The van der Waals surface area contributed by atoms with E-state index in [1.165, 1.54) is 11.5 Å². The van der Waals surface area contributed by atoms with E-state index in [2.05, 4.69) is 30.3 Å². The summed E-state index contributed by atoms with van der Waals surface area (Å²) in [4.78, 5) is 17.8. The Morgan fingerprint density at radius 3 is 2.62 bits per heavy atom. The average molecular weight is 534 g/mol. The number of aryl methyl sites for hydroxylation is 1. The van der Waals surface area contributed by atoms with Gasteiger partial charge in [0.1, 0.15) is 11.4 Å². The largest absolute Gasteiger partial charge is 0.495 e. The third-order valence-electron chi connectivity index (χ3n) is 5.96. The average Bonchev–Trinajstić information content (AvgIpc) is 3.61. The summed E-state index contributed by atoms with van der Waals surface area (Å²) in [6.45, 7) is 3.49. The maximum atomic E-state index is 13.3. The van der Waals surface area contributed by atoms with E-state index in [-0.39, 0.29) is 5.91 Å². The zero-order valence-corrected chi connectivity index (χ0v) is 21.8. The highest BCUT2D eigenvalue weighted by Crippen LogP contribution is 2.29. The third kappa shape index (κ3) is 5.25. The number of aromatic nitrogens is 5. The van der Waals surface area contributed by atoms with Gasteiger partial charge in [-0.2, -0.15) is 5.10 Å². The van der Waals surface area contributed by atoms with Crippen LogP contribution in [0.2, 0.25) is 5.02 Å². The van der Waals surface area contributed by atoms with Crippen LogP contribution in [0.5, 0.6) is 5.75 Å². The lowest BCUT2D eigenvalue weighted by Gasteiger charge is -2.14. The lowest BCUT2D eigenvalue weighted by atomic mass is 10.1. The number of fused-ring (bicyclic) bond motifs is 1. The van der Waals surface area contributed by atoms with Crippen LogP contribution in [0, 0.1) is 0 Å². The fourth-order valence-corrected chi connectivity index (χ4v) is 4.74. The van der Waals surface area contributed by atoms with Gasteiger partial charge < -0.3 is 15.4 Å². The number of methoxy groups -OCH3 is 1. The fourth-order valence-electron chi connectivity index (χ4n) is 3.99. The van der Waals surface area contributed by atoms with Crippen LogP contribution in [0.3, 0.4) is 0 Å². The number of anilines is 1. The summed E-state index contributed by atoms with van der Waals surface area (Å²) in [6.07, 6.45) is 3.32. The Balaban J connectivity index is 1.36. The minimum atomic E-state index is -0.235. The van der Waals surface area contributed by atoms with E-state index < -0.39 is 0 Å². The molecule has 0 aliphatic heterocycles. The monoisotopic (exact) mass is 533 g/mol. The van der Waals surface area contributed by atoms with Gasteiger partial charge in [-0.25, -0.2) is 9.67 Å². The van der Waals surface area contributed by atoms with Crippen LogP contribution in [0.1, 0.15) is 28.4 Å². The summed E-state index contributed by atoms with van der Waals surface area (Å²) in [5, 5.41) is 18.1. The van der Waals surface area contributed by atoms with E-state index in [0.29, 0.717) is 47.3 Å². The number of benzene rings is 2. The summed E-state index contributed by atoms with van der Waals surface area (Å²) in [5.41, 5.74) is 5.55. The number of hydrogen-bond donors (Lipinski definition) is 2. The second-order valence-electron chi connectivity index (χ2n) is 8.24. The summed E-state index contributed by atoms with van der Waals surface area (Å²) in [5.74, 6) is 0.374. The summed E-state index contributed by atoms with van der Waals surface area (Å²) in [7, 11) is 1.58. The molecule has 0 bridgehead atoms. The number of hydrogen-bond acceptors (Lipinski definition) is 8. The highest BCUT2D eigenvalue weighted by molar-refractivity contribution is 7.03. The number of carbonyl (C=O) groups excluding carboxylic acids is 1. The van der Waals surface area contributed by atoms with Crippen LogP contribution in [0.25, 0.3) is 22.3 Å². The minimum Gasteiger partial charge on any atom is -0.495 e. The molecule has 5 aromatic rings. The first-order chi connectivity index (χ1) is 18.1. The Morgan fingerprint density at radius 1 is 1.11 bits per heavy atom. The molecule has 1 amide bonds. The molecule has 3 aromatic heterocycles. The summed E-state index contributed by atoms with van der Waals surface area (Å²) in [6, 6.07) is 13.5. The van der Waals surface area contributed by atoms with Crippen molar-refractivity contribution in [2.24, 2.45) is 0 Å². The molecule has 37 heavy (non-hydrogen) atoms. The highest BCUT2D eigenvalue weighted by atomic mass is 35.5. The van der Waals surface area contributed by atoms with Gasteiger partial charge in [0.05, 0.1) is 35.0 Å². The number of carbonyl (C=O) groups is 1. The first kappa shape index (κ1) is 24.7. The maximum absolute atomic E-state index is 13.3. The van der Waals surface area contributed by atoms with Gasteiger partial charge in [-0.05, 0) is 41.7 Å². The van der Waals surface area contributed by atoms with E-state index >= 15 is 0 Å². The first-order valence-corrected chi connectivity index (χ1v) is 12.8. The molecule has 2 N–H and O–H groups in total. The molecular formula is C26H24ClN7O2S. The molecule has 0 radical (unpaired) electrons. The Labute approximate surface area is 222 Å². The van der Waals surface area contributed by atoms with Crippen LogP contribution in [-0.2, 0) is 19.6 Å². The smallest absolute Gasteiger partial charge is 0.255 e. The third-order valence-corrected chi connectivity index (χ3v) is 6.76. The van der Waals surface area contributed by atoms with Crippen molar-refractivity contribution in [2.75, 3.05) is 12.4 Å². The van der Waals surface area contributed by atoms with Gasteiger partial charge in [-0.3, -0.25) is 4.79 Å². The minimum absolute atomic E-state index is 0.235. The van der Waals surface area contributed by atoms with Crippen LogP contribution >= 0.6 is 23.1 Å². The molecule has 11 heteroatoms. The Bertz CT molecular complexity index is 1540. The lowest BCUT2D eigenvalue weighted by Crippen LogP contribution is -2.24. The molecule has 2 aromatic carbocycles. The quantitative estimate of drug-likeness (QED) is 0.269. The molecule has 0 aliphatic carbocycles. The van der Waals surface area contributed by atoms with Crippen molar-refractivity contribution in [3.05, 3.63) is 82.0 Å². The number of ether oxygens (including phenoxy) is 1. The molecule has 188 valence electrons. The first-order valence-electron chi connectivity index (χ1n) is 11.6. The van der Waals surface area contributed by atoms with Gasteiger partial charge in [0.2, 0.25) is 0 Å². The molecular weight excluding hydrogens is 510 g/mol. The topological polar surface area (TPSA) is 107 Å². The molecule has 5 rings (SSSR count). The summed E-state index contributed by atoms with van der Waals surface area (Å²) >= 11 is 7.61.